The van der Waals surface area contributed by atoms with E-state index in [-0.39, 0.29) is 21.4 Å². The molecule has 1 aromatic carbocycles. The van der Waals surface area contributed by atoms with Gasteiger partial charge >= 0.3 is 0 Å². The van der Waals surface area contributed by atoms with E-state index in [0.29, 0.717) is 12.5 Å². The zero-order chi connectivity index (χ0) is 15.3. The first-order valence-electron chi connectivity index (χ1n) is 6.23. The second kappa shape index (κ2) is 7.29. The van der Waals surface area contributed by atoms with Crippen molar-refractivity contribution in [2.24, 2.45) is 5.92 Å². The molecule has 7 heteroatoms. The van der Waals surface area contributed by atoms with Crippen LogP contribution in [0.1, 0.15) is 37.0 Å². The lowest BCUT2D eigenvalue weighted by Crippen LogP contribution is -2.24. The summed E-state index contributed by atoms with van der Waals surface area (Å²) >= 11 is 5.80. The molecular formula is C13H17Cl2NO3S. The Hall–Kier alpha value is -0.780. The molecule has 0 radical (unpaired) electrons. The van der Waals surface area contributed by atoms with Crippen molar-refractivity contribution in [3.05, 3.63) is 28.8 Å². The van der Waals surface area contributed by atoms with Gasteiger partial charge in [-0.2, -0.15) is 0 Å². The van der Waals surface area contributed by atoms with E-state index >= 15 is 0 Å². The molecule has 1 rings (SSSR count). The van der Waals surface area contributed by atoms with Crippen LogP contribution in [0.3, 0.4) is 0 Å². The Morgan fingerprint density at radius 3 is 2.50 bits per heavy atom. The van der Waals surface area contributed by atoms with E-state index in [0.717, 1.165) is 12.8 Å². The molecule has 0 aliphatic rings. The van der Waals surface area contributed by atoms with Crippen molar-refractivity contribution in [3.63, 3.8) is 0 Å². The molecule has 0 atom stereocenters. The van der Waals surface area contributed by atoms with Gasteiger partial charge in [-0.1, -0.05) is 25.4 Å². The van der Waals surface area contributed by atoms with Gasteiger partial charge in [-0.15, -0.1) is 0 Å². The summed E-state index contributed by atoms with van der Waals surface area (Å²) in [5, 5.41) is 2.88. The van der Waals surface area contributed by atoms with E-state index in [4.69, 9.17) is 22.3 Å². The Kier molecular flexibility index (Phi) is 6.30. The Labute approximate surface area is 128 Å². The second-order valence-corrected chi connectivity index (χ2v) is 7.91. The van der Waals surface area contributed by atoms with Crippen molar-refractivity contribution >= 4 is 37.2 Å². The molecule has 0 bridgehead atoms. The van der Waals surface area contributed by atoms with Gasteiger partial charge in [0.15, 0.2) is 0 Å². The first kappa shape index (κ1) is 17.3. The van der Waals surface area contributed by atoms with Crippen molar-refractivity contribution in [2.75, 3.05) is 6.54 Å². The topological polar surface area (TPSA) is 63.2 Å². The minimum Gasteiger partial charge on any atom is -0.352 e. The smallest absolute Gasteiger partial charge is 0.261 e. The molecule has 112 valence electrons. The lowest BCUT2D eigenvalue weighted by molar-refractivity contribution is 0.0952. The first-order chi connectivity index (χ1) is 9.20. The molecule has 1 N–H and O–H groups in total. The highest BCUT2D eigenvalue weighted by Gasteiger charge is 2.15. The zero-order valence-corrected chi connectivity index (χ0v) is 13.6. The molecule has 0 aromatic heterocycles. The van der Waals surface area contributed by atoms with Crippen LogP contribution in [-0.2, 0) is 9.05 Å². The SMILES string of the molecule is CC(C)CCCNC(=O)c1cc(Cl)cc(S(=O)(=O)Cl)c1. The van der Waals surface area contributed by atoms with E-state index in [1.54, 1.807) is 0 Å². The highest BCUT2D eigenvalue weighted by molar-refractivity contribution is 8.13. The summed E-state index contributed by atoms with van der Waals surface area (Å²) in [6.07, 6.45) is 1.88. The molecule has 4 nitrogen and oxygen atoms in total. The van der Waals surface area contributed by atoms with Crippen molar-refractivity contribution in [3.8, 4) is 0 Å². The van der Waals surface area contributed by atoms with Gasteiger partial charge in [0.05, 0.1) is 4.90 Å². The normalized spacial score (nSPS) is 11.7. The van der Waals surface area contributed by atoms with E-state index in [2.05, 4.69) is 19.2 Å². The quantitative estimate of drug-likeness (QED) is 0.638. The standard InChI is InChI=1S/C13H17Cl2NO3S/c1-9(2)4-3-5-16-13(17)10-6-11(14)8-12(7-10)20(15,18)19/h6-9H,3-5H2,1-2H3,(H,16,17). The number of hydrogen-bond donors (Lipinski definition) is 1. The largest absolute Gasteiger partial charge is 0.352 e. The number of benzene rings is 1. The molecule has 0 aliphatic heterocycles. The Morgan fingerprint density at radius 1 is 1.30 bits per heavy atom. The molecule has 0 aliphatic carbocycles. The van der Waals surface area contributed by atoms with Crippen molar-refractivity contribution in [2.45, 2.75) is 31.6 Å². The minimum atomic E-state index is -3.91. The summed E-state index contributed by atoms with van der Waals surface area (Å²) < 4.78 is 22.5. The maximum atomic E-state index is 11.9. The number of nitrogens with one attached hydrogen (secondary N) is 1. The predicted octanol–water partition coefficient (Wildman–Crippen LogP) is 3.43. The maximum Gasteiger partial charge on any atom is 0.261 e. The first-order valence-corrected chi connectivity index (χ1v) is 8.92. The van der Waals surface area contributed by atoms with Crippen LogP contribution in [0.2, 0.25) is 5.02 Å². The number of halogens is 2. The van der Waals surface area contributed by atoms with E-state index in [9.17, 15) is 13.2 Å². The van der Waals surface area contributed by atoms with Gasteiger partial charge in [0, 0.05) is 27.8 Å². The summed E-state index contributed by atoms with van der Waals surface area (Å²) in [5.41, 5.74) is 0.182. The molecule has 0 heterocycles. The third-order valence-electron chi connectivity index (χ3n) is 2.66. The van der Waals surface area contributed by atoms with Gasteiger partial charge in [0.25, 0.3) is 15.0 Å². The van der Waals surface area contributed by atoms with Crippen LogP contribution in [0.4, 0.5) is 0 Å². The third kappa shape index (κ3) is 5.69. The van der Waals surface area contributed by atoms with Gasteiger partial charge < -0.3 is 5.32 Å². The molecule has 0 saturated carbocycles. The number of rotatable bonds is 6. The number of carbonyl (C=O) groups excluding carboxylic acids is 1. The average molecular weight is 338 g/mol. The van der Waals surface area contributed by atoms with Crippen LogP contribution in [0, 0.1) is 5.92 Å². The lowest BCUT2D eigenvalue weighted by Gasteiger charge is -2.08. The summed E-state index contributed by atoms with van der Waals surface area (Å²) in [6, 6.07) is 3.83. The summed E-state index contributed by atoms with van der Waals surface area (Å²) in [4.78, 5) is 11.7. The fourth-order valence-corrected chi connectivity index (χ4v) is 2.75. The Bertz CT molecular complexity index is 585. The fraction of sp³-hybridized carbons (Fsp3) is 0.462. The Balaban J connectivity index is 2.76. The zero-order valence-electron chi connectivity index (χ0n) is 11.3. The van der Waals surface area contributed by atoms with Crippen LogP contribution in [0.5, 0.6) is 0 Å². The van der Waals surface area contributed by atoms with Crippen LogP contribution in [0.15, 0.2) is 23.1 Å². The summed E-state index contributed by atoms with van der Waals surface area (Å²) in [7, 11) is 1.34. The summed E-state index contributed by atoms with van der Waals surface area (Å²) in [5.74, 6) is 0.212. The molecule has 20 heavy (non-hydrogen) atoms. The second-order valence-electron chi connectivity index (χ2n) is 4.91. The lowest BCUT2D eigenvalue weighted by atomic mass is 10.1. The van der Waals surface area contributed by atoms with E-state index in [1.807, 2.05) is 0 Å². The van der Waals surface area contributed by atoms with Crippen molar-refractivity contribution in [1.82, 2.24) is 5.32 Å². The molecule has 0 unspecified atom stereocenters. The van der Waals surface area contributed by atoms with Crippen LogP contribution in [-0.4, -0.2) is 20.9 Å². The van der Waals surface area contributed by atoms with Crippen LogP contribution in [0.25, 0.3) is 0 Å². The number of hydrogen-bond acceptors (Lipinski definition) is 3. The van der Waals surface area contributed by atoms with Gasteiger partial charge in [0.2, 0.25) is 0 Å². The van der Waals surface area contributed by atoms with Crippen molar-refractivity contribution < 1.29 is 13.2 Å². The molecule has 0 spiro atoms. The van der Waals surface area contributed by atoms with Gasteiger partial charge in [-0.3, -0.25) is 4.79 Å². The van der Waals surface area contributed by atoms with Gasteiger partial charge in [-0.05, 0) is 37.0 Å². The molecule has 1 aromatic rings. The number of carbonyl (C=O) groups is 1. The maximum absolute atomic E-state index is 11.9. The van der Waals surface area contributed by atoms with Gasteiger partial charge in [0.1, 0.15) is 0 Å². The van der Waals surface area contributed by atoms with Gasteiger partial charge in [-0.25, -0.2) is 8.42 Å². The van der Waals surface area contributed by atoms with E-state index in [1.165, 1.54) is 18.2 Å². The van der Waals surface area contributed by atoms with Crippen LogP contribution < -0.4 is 5.32 Å². The highest BCUT2D eigenvalue weighted by atomic mass is 35.7. The average Bonchev–Trinajstić information content (AvgIpc) is 2.32. The Morgan fingerprint density at radius 2 is 1.95 bits per heavy atom. The van der Waals surface area contributed by atoms with E-state index < -0.39 is 9.05 Å². The van der Waals surface area contributed by atoms with Crippen LogP contribution >= 0.6 is 22.3 Å². The highest BCUT2D eigenvalue weighted by Crippen LogP contribution is 2.22. The minimum absolute atomic E-state index is 0.152. The summed E-state index contributed by atoms with van der Waals surface area (Å²) in [6.45, 7) is 4.75. The molecule has 0 fully saturated rings. The third-order valence-corrected chi connectivity index (χ3v) is 4.21. The molecule has 0 saturated heterocycles. The molecular weight excluding hydrogens is 321 g/mol. The van der Waals surface area contributed by atoms with Crippen molar-refractivity contribution in [1.29, 1.82) is 0 Å². The monoisotopic (exact) mass is 337 g/mol. The number of amides is 1. The molecule has 1 amide bonds. The predicted molar refractivity (Wildman–Crippen MR) is 80.9 cm³/mol. The fourth-order valence-electron chi connectivity index (χ4n) is 1.65.